The molecular weight excluding hydrogens is 328 g/mol. The van der Waals surface area contributed by atoms with Crippen LogP contribution in [0.1, 0.15) is 30.7 Å². The molecule has 0 saturated carbocycles. The van der Waals surface area contributed by atoms with Crippen molar-refractivity contribution in [2.24, 2.45) is 12.0 Å². The van der Waals surface area contributed by atoms with E-state index in [-0.39, 0.29) is 5.56 Å². The predicted molar refractivity (Wildman–Crippen MR) is 103 cm³/mol. The van der Waals surface area contributed by atoms with Gasteiger partial charge in [0.1, 0.15) is 0 Å². The van der Waals surface area contributed by atoms with E-state index in [1.54, 1.807) is 16.7 Å². The van der Waals surface area contributed by atoms with Crippen LogP contribution in [0.4, 0.5) is 0 Å². The Morgan fingerprint density at radius 2 is 2.27 bits per heavy atom. The van der Waals surface area contributed by atoms with Crippen LogP contribution in [0.5, 0.6) is 0 Å². The summed E-state index contributed by atoms with van der Waals surface area (Å²) in [7, 11) is 3.80. The quantitative estimate of drug-likeness (QED) is 0.483. The van der Waals surface area contributed by atoms with Crippen LogP contribution in [0, 0.1) is 0 Å². The number of guanidine groups is 1. The molecule has 7 heteroatoms. The second-order valence-corrected chi connectivity index (χ2v) is 6.79. The van der Waals surface area contributed by atoms with Gasteiger partial charge in [-0.05, 0) is 30.9 Å². The number of nitrogens with zero attached hydrogens (tertiary/aromatic N) is 5. The van der Waals surface area contributed by atoms with Gasteiger partial charge in [0.2, 0.25) is 5.56 Å². The number of nitrogens with one attached hydrogen (secondary N) is 1. The molecule has 7 nitrogen and oxygen atoms in total. The minimum atomic E-state index is 0.0646. The first-order valence-electron chi connectivity index (χ1n) is 9.27. The predicted octanol–water partition coefficient (Wildman–Crippen LogP) is 1.43. The van der Waals surface area contributed by atoms with E-state index in [4.69, 9.17) is 0 Å². The molecule has 0 aliphatic carbocycles. The van der Waals surface area contributed by atoms with Gasteiger partial charge in [0.25, 0.3) is 0 Å². The Kier molecular flexibility index (Phi) is 6.09. The van der Waals surface area contributed by atoms with E-state index in [0.29, 0.717) is 5.92 Å². The van der Waals surface area contributed by atoms with Crippen molar-refractivity contribution in [3.8, 4) is 0 Å². The minimum Gasteiger partial charge on any atom is -0.356 e. The van der Waals surface area contributed by atoms with E-state index in [0.717, 1.165) is 51.4 Å². The van der Waals surface area contributed by atoms with Gasteiger partial charge in [0.15, 0.2) is 5.96 Å². The van der Waals surface area contributed by atoms with Gasteiger partial charge in [-0.1, -0.05) is 6.07 Å². The highest BCUT2D eigenvalue weighted by Gasteiger charge is 2.26. The van der Waals surface area contributed by atoms with E-state index >= 15 is 0 Å². The number of aliphatic imine (C=N–C) groups is 1. The maximum Gasteiger partial charge on any atom is 0.250 e. The van der Waals surface area contributed by atoms with Crippen LogP contribution < -0.4 is 10.9 Å². The normalized spacial score (nSPS) is 17.7. The number of hydrogen-bond acceptors (Lipinski definition) is 3. The first kappa shape index (κ1) is 18.2. The average Bonchev–Trinajstić information content (AvgIpc) is 3.28. The van der Waals surface area contributed by atoms with Gasteiger partial charge in [-0.15, -0.1) is 0 Å². The van der Waals surface area contributed by atoms with E-state index in [2.05, 4.69) is 26.5 Å². The number of pyridine rings is 1. The molecule has 1 aliphatic rings. The smallest absolute Gasteiger partial charge is 0.250 e. The summed E-state index contributed by atoms with van der Waals surface area (Å²) in [5, 5.41) is 7.74. The summed E-state index contributed by atoms with van der Waals surface area (Å²) in [6.45, 7) is 3.61. The third-order valence-corrected chi connectivity index (χ3v) is 4.90. The average molecular weight is 356 g/mol. The Labute approximate surface area is 154 Å². The lowest BCUT2D eigenvalue weighted by molar-refractivity contribution is 0.481. The van der Waals surface area contributed by atoms with Crippen LogP contribution >= 0.6 is 0 Å². The van der Waals surface area contributed by atoms with Gasteiger partial charge in [0, 0.05) is 64.7 Å². The standard InChI is InChI=1S/C19H28N6O/c1-20-19(21-9-4-6-11-24-10-5-3-7-18(24)26)25-12-8-16(15-25)17-13-22-23(2)14-17/h3,5,7,10,13-14,16H,4,6,8-9,11-12,15H2,1-2H3,(H,20,21). The molecule has 26 heavy (non-hydrogen) atoms. The first-order chi connectivity index (χ1) is 12.7. The van der Waals surface area contributed by atoms with Gasteiger partial charge < -0.3 is 14.8 Å². The molecule has 1 atom stereocenters. The molecule has 0 aromatic carbocycles. The molecule has 0 spiro atoms. The van der Waals surface area contributed by atoms with Crippen LogP contribution in [-0.4, -0.2) is 51.9 Å². The lowest BCUT2D eigenvalue weighted by atomic mass is 10.0. The largest absolute Gasteiger partial charge is 0.356 e. The summed E-state index contributed by atoms with van der Waals surface area (Å²) in [5.74, 6) is 1.49. The Hall–Kier alpha value is -2.57. The van der Waals surface area contributed by atoms with E-state index in [1.165, 1.54) is 5.56 Å². The summed E-state index contributed by atoms with van der Waals surface area (Å²) in [5.41, 5.74) is 1.37. The Bertz CT molecular complexity index is 793. The fraction of sp³-hybridized carbons (Fsp3) is 0.526. The molecule has 3 heterocycles. The fourth-order valence-corrected chi connectivity index (χ4v) is 3.46. The summed E-state index contributed by atoms with van der Waals surface area (Å²) in [6, 6.07) is 5.28. The molecule has 1 unspecified atom stereocenters. The first-order valence-corrected chi connectivity index (χ1v) is 9.27. The van der Waals surface area contributed by atoms with Crippen molar-refractivity contribution in [3.05, 3.63) is 52.7 Å². The number of likely N-dealkylation sites (tertiary alicyclic amines) is 1. The molecule has 3 rings (SSSR count). The number of hydrogen-bond donors (Lipinski definition) is 1. The van der Waals surface area contributed by atoms with Gasteiger partial charge in [-0.25, -0.2) is 0 Å². The van der Waals surface area contributed by atoms with Crippen LogP contribution in [0.25, 0.3) is 0 Å². The molecule has 0 amide bonds. The van der Waals surface area contributed by atoms with Gasteiger partial charge in [0.05, 0.1) is 6.20 Å². The van der Waals surface area contributed by atoms with Crippen molar-refractivity contribution in [2.75, 3.05) is 26.7 Å². The zero-order valence-electron chi connectivity index (χ0n) is 15.6. The number of aryl methyl sites for hydroxylation is 2. The molecule has 2 aromatic heterocycles. The van der Waals surface area contributed by atoms with Crippen molar-refractivity contribution in [2.45, 2.75) is 31.7 Å². The van der Waals surface area contributed by atoms with Crippen LogP contribution in [0.2, 0.25) is 0 Å². The van der Waals surface area contributed by atoms with Crippen LogP contribution in [-0.2, 0) is 13.6 Å². The molecular formula is C19H28N6O. The van der Waals surface area contributed by atoms with E-state index in [9.17, 15) is 4.79 Å². The van der Waals surface area contributed by atoms with Crippen molar-refractivity contribution in [1.82, 2.24) is 24.6 Å². The summed E-state index contributed by atoms with van der Waals surface area (Å²) in [4.78, 5) is 18.4. The second kappa shape index (κ2) is 8.69. The number of aromatic nitrogens is 3. The highest BCUT2D eigenvalue weighted by molar-refractivity contribution is 5.80. The van der Waals surface area contributed by atoms with Crippen molar-refractivity contribution >= 4 is 5.96 Å². The van der Waals surface area contributed by atoms with Gasteiger partial charge >= 0.3 is 0 Å². The lowest BCUT2D eigenvalue weighted by Crippen LogP contribution is -2.40. The molecule has 0 radical (unpaired) electrons. The maximum atomic E-state index is 11.7. The zero-order chi connectivity index (χ0) is 18.4. The molecule has 1 fully saturated rings. The molecule has 1 aliphatic heterocycles. The van der Waals surface area contributed by atoms with Crippen molar-refractivity contribution in [3.63, 3.8) is 0 Å². The molecule has 140 valence electrons. The summed E-state index contributed by atoms with van der Waals surface area (Å²) < 4.78 is 3.62. The van der Waals surface area contributed by atoms with Crippen molar-refractivity contribution in [1.29, 1.82) is 0 Å². The second-order valence-electron chi connectivity index (χ2n) is 6.79. The highest BCUT2D eigenvalue weighted by Crippen LogP contribution is 2.26. The summed E-state index contributed by atoms with van der Waals surface area (Å²) >= 11 is 0. The topological polar surface area (TPSA) is 67.5 Å². The van der Waals surface area contributed by atoms with E-state index < -0.39 is 0 Å². The number of rotatable bonds is 6. The third-order valence-electron chi connectivity index (χ3n) is 4.90. The molecule has 1 saturated heterocycles. The van der Waals surface area contributed by atoms with Crippen LogP contribution in [0.3, 0.4) is 0 Å². The summed E-state index contributed by atoms with van der Waals surface area (Å²) in [6.07, 6.45) is 9.01. The SMILES string of the molecule is CN=C(NCCCCn1ccccc1=O)N1CCC(c2cnn(C)c2)C1. The van der Waals surface area contributed by atoms with Crippen LogP contribution in [0.15, 0.2) is 46.6 Å². The Morgan fingerprint density at radius 3 is 3.00 bits per heavy atom. The molecule has 0 bridgehead atoms. The Morgan fingerprint density at radius 1 is 1.38 bits per heavy atom. The highest BCUT2D eigenvalue weighted by atomic mass is 16.1. The fourth-order valence-electron chi connectivity index (χ4n) is 3.46. The maximum absolute atomic E-state index is 11.7. The monoisotopic (exact) mass is 356 g/mol. The number of unbranched alkanes of at least 4 members (excludes halogenated alkanes) is 1. The van der Waals surface area contributed by atoms with Gasteiger partial charge in [-0.3, -0.25) is 14.5 Å². The zero-order valence-corrected chi connectivity index (χ0v) is 15.6. The van der Waals surface area contributed by atoms with Crippen molar-refractivity contribution < 1.29 is 0 Å². The minimum absolute atomic E-state index is 0.0646. The molecule has 1 N–H and O–H groups in total. The third kappa shape index (κ3) is 4.53. The Balaban J connectivity index is 1.41. The molecule has 2 aromatic rings. The lowest BCUT2D eigenvalue weighted by Gasteiger charge is -2.21. The van der Waals surface area contributed by atoms with E-state index in [1.807, 2.05) is 37.2 Å². The van der Waals surface area contributed by atoms with Gasteiger partial charge in [-0.2, -0.15) is 5.10 Å².